The van der Waals surface area contributed by atoms with Gasteiger partial charge in [-0.05, 0) is 131 Å². The normalized spacial score (nSPS) is 29.8. The molecule has 13 nitrogen and oxygen atoms in total. The largest absolute Gasteiger partial charge is 0.480 e. The molecule has 4 unspecified atom stereocenters. The van der Waals surface area contributed by atoms with Crippen LogP contribution in [0.3, 0.4) is 0 Å². The molecule has 306 valence electrons. The van der Waals surface area contributed by atoms with Crippen LogP contribution in [0.25, 0.3) is 0 Å². The molecule has 3 saturated carbocycles. The third-order valence-corrected chi connectivity index (χ3v) is 12.5. The summed E-state index contributed by atoms with van der Waals surface area (Å²) in [6.45, 7) is -0.281. The Morgan fingerprint density at radius 2 is 1.35 bits per heavy atom. The highest BCUT2D eigenvalue weighted by Crippen LogP contribution is 2.37. The lowest BCUT2D eigenvalue weighted by Gasteiger charge is -2.32. The first-order valence-corrected chi connectivity index (χ1v) is 21.1. The molecule has 4 amide bonds. The highest BCUT2D eigenvalue weighted by molar-refractivity contribution is 5.96. The van der Waals surface area contributed by atoms with Crippen molar-refractivity contribution in [3.05, 3.63) is 60.2 Å². The number of pyridine rings is 2. The van der Waals surface area contributed by atoms with E-state index in [1.54, 1.807) is 36.9 Å². The minimum Gasteiger partial charge on any atom is -0.480 e. The Labute approximate surface area is 335 Å². The van der Waals surface area contributed by atoms with Crippen molar-refractivity contribution in [2.75, 3.05) is 6.61 Å². The monoisotopic (exact) mass is 782 g/mol. The Morgan fingerprint density at radius 1 is 0.702 bits per heavy atom. The van der Waals surface area contributed by atoms with E-state index in [4.69, 9.17) is 4.74 Å². The number of nitrogens with zero attached hydrogens (tertiary/aromatic N) is 2. The number of hydrogen-bond donors (Lipinski definition) is 5. The molecule has 2 aromatic rings. The predicted molar refractivity (Wildman–Crippen MR) is 212 cm³/mol. The number of carboxylic acids is 1. The van der Waals surface area contributed by atoms with E-state index >= 15 is 0 Å². The molecule has 5 fully saturated rings. The van der Waals surface area contributed by atoms with E-state index in [2.05, 4.69) is 43.1 Å². The van der Waals surface area contributed by atoms with Gasteiger partial charge in [-0.2, -0.15) is 0 Å². The fourth-order valence-corrected chi connectivity index (χ4v) is 9.12. The van der Waals surface area contributed by atoms with Crippen LogP contribution < -0.4 is 21.3 Å². The third-order valence-electron chi connectivity index (χ3n) is 12.5. The van der Waals surface area contributed by atoms with Crippen molar-refractivity contribution in [2.45, 2.75) is 145 Å². The summed E-state index contributed by atoms with van der Waals surface area (Å²) < 4.78 is 5.96. The van der Waals surface area contributed by atoms with Crippen LogP contribution in [0, 0.1) is 29.6 Å². The van der Waals surface area contributed by atoms with Crippen molar-refractivity contribution < 1.29 is 33.8 Å². The van der Waals surface area contributed by atoms with Gasteiger partial charge in [-0.15, -0.1) is 0 Å². The van der Waals surface area contributed by atoms with E-state index in [0.29, 0.717) is 55.9 Å². The number of hydrogen-bond acceptors (Lipinski definition) is 8. The van der Waals surface area contributed by atoms with Crippen LogP contribution in [0.4, 0.5) is 0 Å². The minimum absolute atomic E-state index is 0.0464. The van der Waals surface area contributed by atoms with Gasteiger partial charge in [-0.3, -0.25) is 29.1 Å². The number of carbonyl (C=O) groups is 5. The van der Waals surface area contributed by atoms with Gasteiger partial charge in [0.25, 0.3) is 5.91 Å². The molecular formula is C44H58N6O7. The van der Waals surface area contributed by atoms with E-state index in [0.717, 1.165) is 57.8 Å². The summed E-state index contributed by atoms with van der Waals surface area (Å²) in [5, 5.41) is 21.6. The fourth-order valence-electron chi connectivity index (χ4n) is 9.12. The molecule has 2 saturated heterocycles. The topological polar surface area (TPSA) is 189 Å². The van der Waals surface area contributed by atoms with Crippen LogP contribution >= 0.6 is 0 Å². The van der Waals surface area contributed by atoms with Crippen LogP contribution in [0.1, 0.15) is 126 Å². The zero-order valence-corrected chi connectivity index (χ0v) is 32.8. The SMILES string of the molecule is O=C1COC2CCC(CC2)CC(C(=O)O)NC(=O)C(CCC2CCCCC2)NC(=O)C(CC2CCC(c3ccncc3)CC2)NC(=O)C(C#Cc2ccncc2)N1. The summed E-state index contributed by atoms with van der Waals surface area (Å²) in [6.07, 6.45) is 19.9. The van der Waals surface area contributed by atoms with Crippen molar-refractivity contribution in [3.8, 4) is 11.8 Å². The van der Waals surface area contributed by atoms with Crippen LogP contribution in [0.5, 0.6) is 0 Å². The van der Waals surface area contributed by atoms with Crippen LogP contribution in [-0.4, -0.2) is 81.6 Å². The van der Waals surface area contributed by atoms with Crippen LogP contribution in [0.15, 0.2) is 49.1 Å². The molecule has 4 heterocycles. The Balaban J connectivity index is 1.27. The molecule has 3 aliphatic carbocycles. The average molecular weight is 783 g/mol. The van der Waals surface area contributed by atoms with Gasteiger partial charge < -0.3 is 31.1 Å². The summed E-state index contributed by atoms with van der Waals surface area (Å²) in [7, 11) is 0. The second kappa shape index (κ2) is 21.1. The van der Waals surface area contributed by atoms with Gasteiger partial charge in [0, 0.05) is 30.4 Å². The number of nitrogens with one attached hydrogen (secondary N) is 4. The van der Waals surface area contributed by atoms with Gasteiger partial charge in [-0.1, -0.05) is 43.9 Å². The lowest BCUT2D eigenvalue weighted by Crippen LogP contribution is -2.58. The lowest BCUT2D eigenvalue weighted by atomic mass is 9.76. The minimum atomic E-state index is -1.30. The molecule has 4 atom stereocenters. The summed E-state index contributed by atoms with van der Waals surface area (Å²) in [5.74, 6) is 3.46. The van der Waals surface area contributed by atoms with Crippen LogP contribution in [0.2, 0.25) is 0 Å². The second-order valence-corrected chi connectivity index (χ2v) is 16.5. The Bertz CT molecular complexity index is 1710. The van der Waals surface area contributed by atoms with E-state index in [1.165, 1.54) is 12.0 Å². The number of amides is 4. The van der Waals surface area contributed by atoms with Gasteiger partial charge in [0.05, 0.1) is 6.10 Å². The van der Waals surface area contributed by atoms with E-state index in [9.17, 15) is 29.1 Å². The summed E-state index contributed by atoms with van der Waals surface area (Å²) >= 11 is 0. The van der Waals surface area contributed by atoms with Crippen molar-refractivity contribution in [1.82, 2.24) is 31.2 Å². The summed E-state index contributed by atoms with van der Waals surface area (Å²) in [6, 6.07) is 3.02. The standard InChI is InChI=1S/C44H58N6O7/c51-40-28-57-35-14-8-32(9-15-35)27-39(44(55)56)50-42(53)37(17-10-29-4-2-1-3-5-29)48-43(54)38(26-31-6-12-33(13-7-31)34-20-24-46-25-21-34)49-41(52)36(47-40)16-11-30-18-22-45-23-19-30/h18-25,29,31-33,35-39H,1-10,12-15,17,26-28H2,(H,47,51)(H,48,54)(H,49,52)(H,50,53)(H,55,56). The van der Waals surface area contributed by atoms with Crippen molar-refractivity contribution in [2.24, 2.45) is 17.8 Å². The lowest BCUT2D eigenvalue weighted by molar-refractivity contribution is -0.143. The molecule has 57 heavy (non-hydrogen) atoms. The molecule has 13 heteroatoms. The first-order chi connectivity index (χ1) is 27.7. The first-order valence-electron chi connectivity index (χ1n) is 21.1. The average Bonchev–Trinajstić information content (AvgIpc) is 3.23. The van der Waals surface area contributed by atoms with Gasteiger partial charge >= 0.3 is 5.97 Å². The second-order valence-electron chi connectivity index (χ2n) is 16.5. The molecule has 0 radical (unpaired) electrons. The van der Waals surface area contributed by atoms with E-state index < -0.39 is 53.8 Å². The predicted octanol–water partition coefficient (Wildman–Crippen LogP) is 4.56. The summed E-state index contributed by atoms with van der Waals surface area (Å²) in [5.41, 5.74) is 1.83. The number of ether oxygens (including phenoxy) is 1. The summed E-state index contributed by atoms with van der Waals surface area (Å²) in [4.78, 5) is 76.7. The molecular weight excluding hydrogens is 725 g/mol. The maximum absolute atomic E-state index is 14.5. The molecule has 5 aliphatic rings. The van der Waals surface area contributed by atoms with E-state index in [1.807, 2.05) is 12.1 Å². The molecule has 2 aromatic heterocycles. The van der Waals surface area contributed by atoms with Crippen molar-refractivity contribution in [3.63, 3.8) is 0 Å². The highest BCUT2D eigenvalue weighted by Gasteiger charge is 2.35. The first kappa shape index (κ1) is 41.8. The zero-order valence-electron chi connectivity index (χ0n) is 32.8. The van der Waals surface area contributed by atoms with E-state index in [-0.39, 0.29) is 31.0 Å². The maximum atomic E-state index is 14.5. The van der Waals surface area contributed by atoms with Crippen molar-refractivity contribution in [1.29, 1.82) is 0 Å². The Morgan fingerprint density at radius 3 is 2.04 bits per heavy atom. The number of carbonyl (C=O) groups excluding carboxylic acids is 4. The number of fused-ring (bicyclic) bond motifs is 16. The molecule has 5 N–H and O–H groups in total. The molecule has 2 aliphatic heterocycles. The Hall–Kier alpha value is -4.83. The molecule has 2 bridgehead atoms. The van der Waals surface area contributed by atoms with Crippen LogP contribution in [-0.2, 0) is 28.7 Å². The number of rotatable bonds is 7. The fraction of sp³-hybridized carbons (Fsp3) is 0.614. The third kappa shape index (κ3) is 12.8. The number of carboxylic acid groups (broad SMARTS) is 1. The Kier molecular flexibility index (Phi) is 15.5. The number of aromatic nitrogens is 2. The van der Waals surface area contributed by atoms with Gasteiger partial charge in [0.15, 0.2) is 6.04 Å². The molecule has 0 spiro atoms. The quantitative estimate of drug-likeness (QED) is 0.198. The van der Waals surface area contributed by atoms with Gasteiger partial charge in [0.1, 0.15) is 24.7 Å². The maximum Gasteiger partial charge on any atom is 0.326 e. The van der Waals surface area contributed by atoms with Gasteiger partial charge in [0.2, 0.25) is 17.7 Å². The highest BCUT2D eigenvalue weighted by atomic mass is 16.5. The molecule has 0 aromatic carbocycles. The van der Waals surface area contributed by atoms with Gasteiger partial charge in [-0.25, -0.2) is 4.79 Å². The number of aliphatic carboxylic acids is 1. The van der Waals surface area contributed by atoms with Crippen molar-refractivity contribution >= 4 is 29.6 Å². The molecule has 7 rings (SSSR count). The zero-order chi connectivity index (χ0) is 40.0. The smallest absolute Gasteiger partial charge is 0.326 e.